The molecule has 0 saturated heterocycles. The maximum atomic E-state index is 11.1. The molecule has 0 aliphatic heterocycles. The van der Waals surface area contributed by atoms with Gasteiger partial charge in [0.25, 0.3) is 0 Å². The fourth-order valence-electron chi connectivity index (χ4n) is 1.74. The molecule has 16 heavy (non-hydrogen) atoms. The van der Waals surface area contributed by atoms with E-state index in [9.17, 15) is 4.79 Å². The summed E-state index contributed by atoms with van der Waals surface area (Å²) in [6.07, 6.45) is 2.02. The molecular weight excluding hydrogens is 270 g/mol. The second-order valence-electron chi connectivity index (χ2n) is 4.21. The van der Waals surface area contributed by atoms with E-state index in [-0.39, 0.29) is 5.92 Å². The highest BCUT2D eigenvalue weighted by Gasteiger charge is 2.36. The minimum Gasteiger partial charge on any atom is -0.480 e. The van der Waals surface area contributed by atoms with Crippen molar-refractivity contribution in [1.82, 2.24) is 0 Å². The molecule has 1 atom stereocenters. The summed E-state index contributed by atoms with van der Waals surface area (Å²) in [5, 5.41) is 12.3. The summed E-state index contributed by atoms with van der Waals surface area (Å²) in [7, 11) is 0. The van der Waals surface area contributed by atoms with Crippen LogP contribution in [-0.4, -0.2) is 17.1 Å². The molecule has 1 aromatic rings. The van der Waals surface area contributed by atoms with Gasteiger partial charge < -0.3 is 10.4 Å². The van der Waals surface area contributed by atoms with Crippen LogP contribution in [0.4, 0.5) is 5.69 Å². The molecule has 1 aromatic carbocycles. The third kappa shape index (κ3) is 2.38. The largest absolute Gasteiger partial charge is 0.480 e. The van der Waals surface area contributed by atoms with Gasteiger partial charge in [-0.2, -0.15) is 0 Å². The van der Waals surface area contributed by atoms with E-state index in [1.54, 1.807) is 0 Å². The van der Waals surface area contributed by atoms with E-state index >= 15 is 0 Å². The number of benzene rings is 1. The highest BCUT2D eigenvalue weighted by Crippen LogP contribution is 2.35. The molecule has 1 unspecified atom stereocenters. The second kappa shape index (κ2) is 4.45. The number of carboxylic acids is 1. The van der Waals surface area contributed by atoms with Crippen LogP contribution in [0.1, 0.15) is 18.4 Å². The van der Waals surface area contributed by atoms with Gasteiger partial charge in [0.15, 0.2) is 0 Å². The van der Waals surface area contributed by atoms with Crippen molar-refractivity contribution in [2.45, 2.75) is 25.8 Å². The lowest BCUT2D eigenvalue weighted by molar-refractivity contribution is -0.138. The SMILES string of the molecule is Cc1c(Br)cccc1NC(C(=O)O)C1CC1. The summed E-state index contributed by atoms with van der Waals surface area (Å²) in [6.45, 7) is 1.97. The van der Waals surface area contributed by atoms with Crippen LogP contribution in [0, 0.1) is 12.8 Å². The molecule has 3 nitrogen and oxygen atoms in total. The molecule has 0 bridgehead atoms. The van der Waals surface area contributed by atoms with Gasteiger partial charge in [-0.05, 0) is 43.4 Å². The number of nitrogens with one attached hydrogen (secondary N) is 1. The number of carboxylic acid groups (broad SMARTS) is 1. The minimum atomic E-state index is -0.762. The second-order valence-corrected chi connectivity index (χ2v) is 5.06. The summed E-state index contributed by atoms with van der Waals surface area (Å²) < 4.78 is 0.998. The summed E-state index contributed by atoms with van der Waals surface area (Å²) in [5.74, 6) is -0.474. The number of anilines is 1. The number of carbonyl (C=O) groups is 1. The molecule has 2 N–H and O–H groups in total. The third-order valence-electron chi connectivity index (χ3n) is 2.94. The number of aliphatic carboxylic acids is 1. The van der Waals surface area contributed by atoms with E-state index < -0.39 is 12.0 Å². The van der Waals surface area contributed by atoms with Gasteiger partial charge in [-0.3, -0.25) is 0 Å². The fourth-order valence-corrected chi connectivity index (χ4v) is 2.11. The molecule has 4 heteroatoms. The van der Waals surface area contributed by atoms with Crippen LogP contribution >= 0.6 is 15.9 Å². The lowest BCUT2D eigenvalue weighted by Gasteiger charge is -2.17. The molecule has 1 fully saturated rings. The summed E-state index contributed by atoms with van der Waals surface area (Å²) in [4.78, 5) is 11.1. The molecule has 1 saturated carbocycles. The molecule has 0 amide bonds. The lowest BCUT2D eigenvalue weighted by Crippen LogP contribution is -2.31. The van der Waals surface area contributed by atoms with Crippen LogP contribution in [0.2, 0.25) is 0 Å². The Balaban J connectivity index is 2.18. The first-order valence-corrected chi connectivity index (χ1v) is 6.13. The molecule has 0 aromatic heterocycles. The Hall–Kier alpha value is -1.03. The first kappa shape index (κ1) is 11.5. The van der Waals surface area contributed by atoms with Gasteiger partial charge >= 0.3 is 5.97 Å². The number of hydrogen-bond acceptors (Lipinski definition) is 2. The van der Waals surface area contributed by atoms with Gasteiger partial charge in [-0.1, -0.05) is 22.0 Å². The normalized spacial score (nSPS) is 16.9. The Kier molecular flexibility index (Phi) is 3.19. The molecule has 0 heterocycles. The topological polar surface area (TPSA) is 49.3 Å². The number of hydrogen-bond donors (Lipinski definition) is 2. The molecule has 86 valence electrons. The maximum Gasteiger partial charge on any atom is 0.326 e. The number of halogens is 1. The van der Waals surface area contributed by atoms with E-state index in [1.807, 2.05) is 25.1 Å². The van der Waals surface area contributed by atoms with E-state index in [1.165, 1.54) is 0 Å². The van der Waals surface area contributed by atoms with Crippen LogP contribution in [-0.2, 0) is 4.79 Å². The summed E-state index contributed by atoms with van der Waals surface area (Å²) >= 11 is 3.44. The average Bonchev–Trinajstić information content (AvgIpc) is 3.03. The Morgan fingerprint density at radius 3 is 2.81 bits per heavy atom. The van der Waals surface area contributed by atoms with Gasteiger partial charge in [0.1, 0.15) is 6.04 Å². The van der Waals surface area contributed by atoms with Gasteiger partial charge in [-0.25, -0.2) is 4.79 Å². The molecular formula is C12H14BrNO2. The number of rotatable bonds is 4. The molecule has 0 radical (unpaired) electrons. The Labute approximate surface area is 103 Å². The van der Waals surface area contributed by atoms with E-state index in [0.717, 1.165) is 28.6 Å². The Bertz CT molecular complexity index is 415. The van der Waals surface area contributed by atoms with Crippen LogP contribution < -0.4 is 5.32 Å². The van der Waals surface area contributed by atoms with Crippen LogP contribution in [0.15, 0.2) is 22.7 Å². The summed E-state index contributed by atoms with van der Waals surface area (Å²) in [5.41, 5.74) is 1.95. The van der Waals surface area contributed by atoms with Crippen molar-refractivity contribution >= 4 is 27.6 Å². The van der Waals surface area contributed by atoms with Crippen molar-refractivity contribution in [3.8, 4) is 0 Å². The zero-order chi connectivity index (χ0) is 11.7. The van der Waals surface area contributed by atoms with Crippen molar-refractivity contribution in [2.75, 3.05) is 5.32 Å². The standard InChI is InChI=1S/C12H14BrNO2/c1-7-9(13)3-2-4-10(7)14-11(12(15)16)8-5-6-8/h2-4,8,11,14H,5-6H2,1H3,(H,15,16). The van der Waals surface area contributed by atoms with Crippen molar-refractivity contribution < 1.29 is 9.90 Å². The smallest absolute Gasteiger partial charge is 0.326 e. The first-order valence-electron chi connectivity index (χ1n) is 5.34. The van der Waals surface area contributed by atoms with E-state index in [0.29, 0.717) is 0 Å². The summed E-state index contributed by atoms with van der Waals surface area (Å²) in [6, 6.07) is 5.32. The van der Waals surface area contributed by atoms with Crippen molar-refractivity contribution in [3.05, 3.63) is 28.2 Å². The predicted octanol–water partition coefficient (Wildman–Crippen LogP) is 3.03. The van der Waals surface area contributed by atoms with Gasteiger partial charge in [0, 0.05) is 10.2 Å². The van der Waals surface area contributed by atoms with Crippen molar-refractivity contribution in [1.29, 1.82) is 0 Å². The van der Waals surface area contributed by atoms with E-state index in [2.05, 4.69) is 21.2 Å². The van der Waals surface area contributed by atoms with Crippen molar-refractivity contribution in [2.24, 2.45) is 5.92 Å². The van der Waals surface area contributed by atoms with Crippen LogP contribution in [0.5, 0.6) is 0 Å². The highest BCUT2D eigenvalue weighted by atomic mass is 79.9. The predicted molar refractivity (Wildman–Crippen MR) is 66.6 cm³/mol. The zero-order valence-corrected chi connectivity index (χ0v) is 10.6. The molecule has 1 aliphatic carbocycles. The molecule has 0 spiro atoms. The third-order valence-corrected chi connectivity index (χ3v) is 3.80. The highest BCUT2D eigenvalue weighted by molar-refractivity contribution is 9.10. The lowest BCUT2D eigenvalue weighted by atomic mass is 10.1. The maximum absolute atomic E-state index is 11.1. The Morgan fingerprint density at radius 2 is 2.25 bits per heavy atom. The van der Waals surface area contributed by atoms with Gasteiger partial charge in [0.2, 0.25) is 0 Å². The first-order chi connectivity index (χ1) is 7.59. The van der Waals surface area contributed by atoms with Crippen LogP contribution in [0.25, 0.3) is 0 Å². The zero-order valence-electron chi connectivity index (χ0n) is 9.03. The molecule has 2 rings (SSSR count). The quantitative estimate of drug-likeness (QED) is 0.893. The monoisotopic (exact) mass is 283 g/mol. The minimum absolute atomic E-state index is 0.288. The fraction of sp³-hybridized carbons (Fsp3) is 0.417. The van der Waals surface area contributed by atoms with E-state index in [4.69, 9.17) is 5.11 Å². The molecule has 1 aliphatic rings. The van der Waals surface area contributed by atoms with Gasteiger partial charge in [-0.15, -0.1) is 0 Å². The van der Waals surface area contributed by atoms with Gasteiger partial charge in [0.05, 0.1) is 0 Å². The average molecular weight is 284 g/mol. The van der Waals surface area contributed by atoms with Crippen molar-refractivity contribution in [3.63, 3.8) is 0 Å². The Morgan fingerprint density at radius 1 is 1.56 bits per heavy atom. The van der Waals surface area contributed by atoms with Crippen LogP contribution in [0.3, 0.4) is 0 Å².